The number of carbonyl (C=O) groups is 1. The molecule has 0 saturated carbocycles. The number of nitrogens with zero attached hydrogens (tertiary/aromatic N) is 3. The van der Waals surface area contributed by atoms with E-state index < -0.39 is 12.0 Å². The van der Waals surface area contributed by atoms with Gasteiger partial charge in [-0.1, -0.05) is 102 Å². The summed E-state index contributed by atoms with van der Waals surface area (Å²) in [6.45, 7) is 5.13. The number of carbonyl (C=O) groups excluding carboxylic acids is 1. The van der Waals surface area contributed by atoms with E-state index in [1.165, 1.54) is 16.9 Å². The first-order valence-corrected chi connectivity index (χ1v) is 16.5. The molecule has 0 bridgehead atoms. The number of hydrogen-bond acceptors (Lipinski definition) is 6. The Balaban J connectivity index is 1.44. The number of ether oxygens (including phenoxy) is 2. The van der Waals surface area contributed by atoms with Gasteiger partial charge in [0.1, 0.15) is 5.75 Å². The first-order valence-electron chi connectivity index (χ1n) is 15.7. The molecule has 0 N–H and O–H groups in total. The van der Waals surface area contributed by atoms with Crippen LogP contribution in [-0.2, 0) is 16.1 Å². The molecule has 0 spiro atoms. The zero-order chi connectivity index (χ0) is 32.3. The van der Waals surface area contributed by atoms with Crippen molar-refractivity contribution in [3.63, 3.8) is 0 Å². The van der Waals surface area contributed by atoms with Crippen molar-refractivity contribution >= 4 is 40.0 Å². The molecular weight excluding hydrogens is 607 g/mol. The van der Waals surface area contributed by atoms with Crippen molar-refractivity contribution in [2.24, 2.45) is 4.99 Å². The molecule has 0 fully saturated rings. The maximum Gasteiger partial charge on any atom is 0.338 e. The van der Waals surface area contributed by atoms with Crippen molar-refractivity contribution < 1.29 is 14.3 Å². The van der Waals surface area contributed by atoms with Gasteiger partial charge >= 0.3 is 5.97 Å². The van der Waals surface area contributed by atoms with Crippen LogP contribution in [-0.4, -0.2) is 28.3 Å². The summed E-state index contributed by atoms with van der Waals surface area (Å²) < 4.78 is 15.7. The molecule has 1 aliphatic heterocycles. The molecule has 0 unspecified atom stereocenters. The van der Waals surface area contributed by atoms with E-state index in [9.17, 15) is 9.59 Å². The lowest BCUT2D eigenvalue weighted by atomic mass is 9.93. The second kappa shape index (κ2) is 13.1. The van der Waals surface area contributed by atoms with Gasteiger partial charge in [-0.05, 0) is 49.2 Å². The monoisotopic (exact) mass is 639 g/mol. The van der Waals surface area contributed by atoms with Gasteiger partial charge in [-0.3, -0.25) is 9.36 Å². The van der Waals surface area contributed by atoms with Crippen LogP contribution in [0, 0.1) is 0 Å². The molecule has 0 aliphatic carbocycles. The highest BCUT2D eigenvalue weighted by atomic mass is 32.1. The van der Waals surface area contributed by atoms with E-state index >= 15 is 0 Å². The standard InChI is InChI=1S/C39H33N3O4S/c1-3-45-30-21-19-28(20-22-30)36-34(38(44)46-4-2)35(27-15-9-6-10-16-27)40-39-42(36)37(43)33(47-39)23-29-25-41(24-26-13-7-5-8-14-26)32-18-12-11-17-31(29)32/h5-23,25,36H,3-4,24H2,1-2H3/b33-23-/t36-/m0/s1. The van der Waals surface area contributed by atoms with E-state index in [2.05, 4.69) is 35.0 Å². The van der Waals surface area contributed by atoms with Crippen LogP contribution in [0.5, 0.6) is 5.75 Å². The smallest absolute Gasteiger partial charge is 0.338 e. The third-order valence-corrected chi connectivity index (χ3v) is 9.17. The van der Waals surface area contributed by atoms with Crippen molar-refractivity contribution in [1.29, 1.82) is 0 Å². The van der Waals surface area contributed by atoms with Crippen LogP contribution in [0.25, 0.3) is 22.7 Å². The maximum absolute atomic E-state index is 14.5. The Morgan fingerprint density at radius 2 is 1.57 bits per heavy atom. The summed E-state index contributed by atoms with van der Waals surface area (Å²) in [6.07, 6.45) is 4.04. The van der Waals surface area contributed by atoms with Crippen molar-refractivity contribution in [2.45, 2.75) is 26.4 Å². The minimum Gasteiger partial charge on any atom is -0.494 e. The fourth-order valence-electron chi connectivity index (χ4n) is 6.11. The average Bonchev–Trinajstić information content (AvgIpc) is 3.61. The zero-order valence-corrected chi connectivity index (χ0v) is 26.9. The largest absolute Gasteiger partial charge is 0.494 e. The summed E-state index contributed by atoms with van der Waals surface area (Å²) in [5.74, 6) is 0.202. The molecule has 0 saturated heterocycles. The molecule has 234 valence electrons. The van der Waals surface area contributed by atoms with E-state index in [0.717, 1.165) is 27.6 Å². The Labute approximate surface area is 276 Å². The molecule has 2 aromatic heterocycles. The highest BCUT2D eigenvalue weighted by Gasteiger charge is 2.35. The highest BCUT2D eigenvalue weighted by Crippen LogP contribution is 2.36. The van der Waals surface area contributed by atoms with Gasteiger partial charge in [0.15, 0.2) is 4.80 Å². The van der Waals surface area contributed by atoms with Crippen LogP contribution in [0.1, 0.15) is 42.1 Å². The summed E-state index contributed by atoms with van der Waals surface area (Å²) in [7, 11) is 0. The van der Waals surface area contributed by atoms with E-state index in [-0.39, 0.29) is 12.2 Å². The first-order chi connectivity index (χ1) is 23.1. The molecule has 3 heterocycles. The molecule has 0 amide bonds. The van der Waals surface area contributed by atoms with Gasteiger partial charge in [0.05, 0.1) is 35.1 Å². The second-order valence-corrected chi connectivity index (χ2v) is 12.2. The predicted octanol–water partition coefficient (Wildman–Crippen LogP) is 6.34. The number of rotatable bonds is 9. The number of aromatic nitrogens is 2. The van der Waals surface area contributed by atoms with E-state index in [1.807, 2.05) is 97.9 Å². The van der Waals surface area contributed by atoms with E-state index in [1.54, 1.807) is 11.5 Å². The normalized spacial score (nSPS) is 14.6. The molecule has 7 rings (SSSR count). The van der Waals surface area contributed by atoms with Gasteiger partial charge in [0.2, 0.25) is 0 Å². The van der Waals surface area contributed by atoms with Crippen molar-refractivity contribution in [3.8, 4) is 5.75 Å². The van der Waals surface area contributed by atoms with Crippen molar-refractivity contribution in [1.82, 2.24) is 9.13 Å². The predicted molar refractivity (Wildman–Crippen MR) is 186 cm³/mol. The highest BCUT2D eigenvalue weighted by molar-refractivity contribution is 7.07. The van der Waals surface area contributed by atoms with Gasteiger partial charge in [0, 0.05) is 34.8 Å². The Morgan fingerprint density at radius 1 is 0.872 bits per heavy atom. The van der Waals surface area contributed by atoms with Gasteiger partial charge in [-0.25, -0.2) is 9.79 Å². The lowest BCUT2D eigenvalue weighted by Gasteiger charge is -2.26. The number of para-hydroxylation sites is 1. The molecule has 0 radical (unpaired) electrons. The van der Waals surface area contributed by atoms with Crippen LogP contribution in [0.3, 0.4) is 0 Å². The zero-order valence-electron chi connectivity index (χ0n) is 26.1. The van der Waals surface area contributed by atoms with Crippen molar-refractivity contribution in [3.05, 3.63) is 163 Å². The minimum absolute atomic E-state index is 0.192. The SMILES string of the molecule is CCOC(=O)C1=C(c2ccccc2)N=c2s/c(=C\c3cn(Cc4ccccc4)c4ccccc34)c(=O)n2[C@H]1c1ccc(OCC)cc1. The lowest BCUT2D eigenvalue weighted by Crippen LogP contribution is -2.40. The minimum atomic E-state index is -0.752. The summed E-state index contributed by atoms with van der Waals surface area (Å²) in [5, 5.41) is 1.05. The summed E-state index contributed by atoms with van der Waals surface area (Å²) in [6, 6.07) is 34.9. The van der Waals surface area contributed by atoms with Crippen LogP contribution in [0.4, 0.5) is 0 Å². The van der Waals surface area contributed by atoms with Crippen LogP contribution >= 0.6 is 11.3 Å². The topological polar surface area (TPSA) is 74.8 Å². The lowest BCUT2D eigenvalue weighted by molar-refractivity contribution is -0.138. The molecule has 47 heavy (non-hydrogen) atoms. The Hall–Kier alpha value is -5.47. The molecule has 7 nitrogen and oxygen atoms in total. The number of hydrogen-bond donors (Lipinski definition) is 0. The summed E-state index contributed by atoms with van der Waals surface area (Å²) in [5.41, 5.74) is 5.33. The van der Waals surface area contributed by atoms with Crippen LogP contribution in [0.15, 0.2) is 131 Å². The average molecular weight is 640 g/mol. The molecular formula is C39H33N3O4S. The van der Waals surface area contributed by atoms with Crippen LogP contribution in [0.2, 0.25) is 0 Å². The number of thiazole rings is 1. The second-order valence-electron chi connectivity index (χ2n) is 11.1. The Morgan fingerprint density at radius 3 is 2.30 bits per heavy atom. The fraction of sp³-hybridized carbons (Fsp3) is 0.154. The van der Waals surface area contributed by atoms with Gasteiger partial charge < -0.3 is 14.0 Å². The van der Waals surface area contributed by atoms with E-state index in [0.29, 0.717) is 39.5 Å². The molecule has 6 aromatic rings. The molecule has 1 aliphatic rings. The summed E-state index contributed by atoms with van der Waals surface area (Å²) >= 11 is 1.32. The third-order valence-electron chi connectivity index (χ3n) is 8.18. The van der Waals surface area contributed by atoms with Gasteiger partial charge in [-0.2, -0.15) is 0 Å². The third kappa shape index (κ3) is 5.84. The van der Waals surface area contributed by atoms with Gasteiger partial charge in [0.25, 0.3) is 5.56 Å². The first kappa shape index (κ1) is 30.2. The Bertz CT molecular complexity index is 2280. The molecule has 4 aromatic carbocycles. The summed E-state index contributed by atoms with van der Waals surface area (Å²) in [4.78, 5) is 33.7. The number of benzene rings is 4. The fourth-order valence-corrected chi connectivity index (χ4v) is 7.10. The number of fused-ring (bicyclic) bond motifs is 2. The number of esters is 1. The van der Waals surface area contributed by atoms with Crippen molar-refractivity contribution in [2.75, 3.05) is 13.2 Å². The maximum atomic E-state index is 14.5. The molecule has 8 heteroatoms. The van der Waals surface area contributed by atoms with E-state index in [4.69, 9.17) is 14.5 Å². The van der Waals surface area contributed by atoms with Gasteiger partial charge in [-0.15, -0.1) is 0 Å². The quantitative estimate of drug-likeness (QED) is 0.173. The Kier molecular flexibility index (Phi) is 8.42. The molecule has 1 atom stereocenters. The van der Waals surface area contributed by atoms with Crippen LogP contribution < -0.4 is 19.6 Å².